The van der Waals surface area contributed by atoms with Gasteiger partial charge in [0.25, 0.3) is 23.6 Å². The number of aromatic nitrogens is 4. The van der Waals surface area contributed by atoms with Crippen molar-refractivity contribution in [2.24, 2.45) is 52.0 Å². The number of hydrogen-bond acceptors (Lipinski definition) is 20. The highest BCUT2D eigenvalue weighted by atomic mass is 16.6. The van der Waals surface area contributed by atoms with Crippen LogP contribution < -0.4 is 63.1 Å². The Morgan fingerprint density at radius 2 is 0.914 bits per heavy atom. The second kappa shape index (κ2) is 30.4. The van der Waals surface area contributed by atoms with Gasteiger partial charge in [-0.05, 0) is 76.3 Å². The van der Waals surface area contributed by atoms with Crippen molar-refractivity contribution in [3.05, 3.63) is 45.0 Å². The molecular weight excluding hydrogens is 913 g/mol. The molecule has 0 bridgehead atoms. The first-order valence-electron chi connectivity index (χ1n) is 23.0. The van der Waals surface area contributed by atoms with Gasteiger partial charge < -0.3 is 81.2 Å². The molecule has 4 rings (SSSR count). The lowest BCUT2D eigenvalue weighted by Gasteiger charge is -2.26. The Morgan fingerprint density at radius 3 is 1.19 bits per heavy atom. The summed E-state index contributed by atoms with van der Waals surface area (Å²) in [7, 11) is 5.87. The first-order valence-corrected chi connectivity index (χ1v) is 23.0. The SMILES string of the molecule is CCC(C)(CN)CNC(=O)c1noc(OC)c1C.COc1onc(C(=O)NC(CN)C(C)C)c1C.COc1onc(C(=O)NCC(CN)C(C)C)c1C.COc1onc(C(=O)NCC(N)C(C)C)c1C. The molecule has 4 aromatic heterocycles. The fraction of sp³-hybridized carbons (Fsp3) is 0.652. The van der Waals surface area contributed by atoms with Crippen LogP contribution in [-0.4, -0.2) is 124 Å². The predicted octanol–water partition coefficient (Wildman–Crippen LogP) is 3.46. The Balaban J connectivity index is 0.000000467. The third-order valence-electron chi connectivity index (χ3n) is 11.6. The third-order valence-corrected chi connectivity index (χ3v) is 11.6. The van der Waals surface area contributed by atoms with Gasteiger partial charge in [-0.3, -0.25) is 19.2 Å². The summed E-state index contributed by atoms with van der Waals surface area (Å²) in [6.45, 7) is 26.0. The number of methoxy groups -OCH3 is 4. The van der Waals surface area contributed by atoms with Crippen molar-refractivity contribution in [1.82, 2.24) is 41.9 Å². The van der Waals surface area contributed by atoms with E-state index in [-0.39, 0.29) is 99.5 Å². The molecular formula is C46H80N12O12. The molecule has 4 atom stereocenters. The molecule has 0 fully saturated rings. The zero-order chi connectivity index (χ0) is 53.5. The van der Waals surface area contributed by atoms with Gasteiger partial charge in [-0.25, -0.2) is 0 Å². The molecule has 0 aromatic carbocycles. The van der Waals surface area contributed by atoms with E-state index in [1.807, 2.05) is 41.5 Å². The summed E-state index contributed by atoms with van der Waals surface area (Å²) in [6, 6.07) is -0.155. The average Bonchev–Trinajstić information content (AvgIpc) is 4.13. The largest absolute Gasteiger partial charge is 0.467 e. The second-order valence-corrected chi connectivity index (χ2v) is 17.8. The molecule has 0 spiro atoms. The Hall–Kier alpha value is -6.24. The minimum atomic E-state index is -0.300. The molecule has 0 aliphatic rings. The van der Waals surface area contributed by atoms with Gasteiger partial charge in [0.1, 0.15) is 0 Å². The molecule has 4 unspecified atom stereocenters. The molecule has 0 radical (unpaired) electrons. The number of nitrogens with one attached hydrogen (secondary N) is 4. The first kappa shape index (κ1) is 61.8. The van der Waals surface area contributed by atoms with Gasteiger partial charge in [-0.15, -0.1) is 0 Å². The lowest BCUT2D eigenvalue weighted by molar-refractivity contribution is 0.0911. The summed E-state index contributed by atoms with van der Waals surface area (Å²) < 4.78 is 39.2. The lowest BCUT2D eigenvalue weighted by atomic mass is 9.88. The maximum atomic E-state index is 11.9. The number of carbonyl (C=O) groups excluding carboxylic acids is 4. The molecule has 12 N–H and O–H groups in total. The monoisotopic (exact) mass is 993 g/mol. The van der Waals surface area contributed by atoms with Crippen molar-refractivity contribution in [3.63, 3.8) is 0 Å². The normalized spacial score (nSPS) is 13.0. The smallest absolute Gasteiger partial charge is 0.314 e. The number of nitrogens with zero attached hydrogens (tertiary/aromatic N) is 4. The molecule has 4 aromatic rings. The quantitative estimate of drug-likeness (QED) is 0.0559. The molecule has 24 nitrogen and oxygen atoms in total. The van der Waals surface area contributed by atoms with Crippen molar-refractivity contribution in [3.8, 4) is 23.8 Å². The van der Waals surface area contributed by atoms with Crippen LogP contribution in [0, 0.1) is 56.8 Å². The van der Waals surface area contributed by atoms with Crippen LogP contribution in [0.1, 0.15) is 126 Å². The average molecular weight is 993 g/mol. The molecule has 396 valence electrons. The third kappa shape index (κ3) is 18.3. The van der Waals surface area contributed by atoms with E-state index in [4.69, 9.17) is 60.0 Å². The van der Waals surface area contributed by atoms with Crippen LogP contribution in [0.3, 0.4) is 0 Å². The van der Waals surface area contributed by atoms with Gasteiger partial charge in [0.2, 0.25) is 0 Å². The van der Waals surface area contributed by atoms with Crippen molar-refractivity contribution in [1.29, 1.82) is 0 Å². The number of carbonyl (C=O) groups is 4. The molecule has 0 saturated heterocycles. The highest BCUT2D eigenvalue weighted by molar-refractivity contribution is 5.95. The topological polar surface area (TPSA) is 362 Å². The van der Waals surface area contributed by atoms with Crippen LogP contribution in [0.25, 0.3) is 0 Å². The highest BCUT2D eigenvalue weighted by Crippen LogP contribution is 2.24. The van der Waals surface area contributed by atoms with E-state index >= 15 is 0 Å². The molecule has 0 aliphatic carbocycles. The van der Waals surface area contributed by atoms with Crippen molar-refractivity contribution >= 4 is 23.6 Å². The highest BCUT2D eigenvalue weighted by Gasteiger charge is 2.26. The van der Waals surface area contributed by atoms with E-state index < -0.39 is 0 Å². The number of amides is 4. The van der Waals surface area contributed by atoms with Crippen LogP contribution in [-0.2, 0) is 0 Å². The number of ether oxygens (including phenoxy) is 4. The number of nitrogens with two attached hydrogens (primary N) is 4. The molecule has 4 heterocycles. The molecule has 24 heteroatoms. The predicted molar refractivity (Wildman–Crippen MR) is 261 cm³/mol. The van der Waals surface area contributed by atoms with E-state index in [0.29, 0.717) is 73.4 Å². The minimum absolute atomic E-state index is 0.0759. The minimum Gasteiger partial charge on any atom is -0.467 e. The van der Waals surface area contributed by atoms with Crippen LogP contribution >= 0.6 is 0 Å². The van der Waals surface area contributed by atoms with Gasteiger partial charge in [0.05, 0.1) is 50.7 Å². The van der Waals surface area contributed by atoms with E-state index in [1.54, 1.807) is 27.7 Å². The fourth-order valence-electron chi connectivity index (χ4n) is 5.77. The summed E-state index contributed by atoms with van der Waals surface area (Å²) in [5.41, 5.74) is 26.0. The van der Waals surface area contributed by atoms with E-state index in [2.05, 4.69) is 55.7 Å². The summed E-state index contributed by atoms with van der Waals surface area (Å²) in [4.78, 5) is 47.6. The van der Waals surface area contributed by atoms with E-state index in [0.717, 1.165) is 6.42 Å². The molecule has 4 amide bonds. The summed E-state index contributed by atoms with van der Waals surface area (Å²) >= 11 is 0. The van der Waals surface area contributed by atoms with Gasteiger partial charge in [-0.2, -0.15) is 0 Å². The van der Waals surface area contributed by atoms with Gasteiger partial charge in [0.15, 0.2) is 22.8 Å². The Kier molecular flexibility index (Phi) is 26.8. The van der Waals surface area contributed by atoms with E-state index in [9.17, 15) is 19.2 Å². The maximum absolute atomic E-state index is 11.9. The first-order chi connectivity index (χ1) is 33.0. The zero-order valence-electron chi connectivity index (χ0n) is 43.9. The van der Waals surface area contributed by atoms with Crippen LogP contribution in [0.5, 0.6) is 23.8 Å². The van der Waals surface area contributed by atoms with Crippen LogP contribution in [0.2, 0.25) is 0 Å². The lowest BCUT2D eigenvalue weighted by Crippen LogP contribution is -2.43. The second-order valence-electron chi connectivity index (χ2n) is 17.8. The van der Waals surface area contributed by atoms with Crippen molar-refractivity contribution < 1.29 is 56.2 Å². The van der Waals surface area contributed by atoms with Crippen molar-refractivity contribution in [2.45, 2.75) is 102 Å². The van der Waals surface area contributed by atoms with Crippen molar-refractivity contribution in [2.75, 3.05) is 67.7 Å². The fourth-order valence-corrected chi connectivity index (χ4v) is 5.77. The summed E-state index contributed by atoms with van der Waals surface area (Å²) in [6.07, 6.45) is 0.894. The summed E-state index contributed by atoms with van der Waals surface area (Å²) in [5, 5.41) is 25.9. The standard InChI is InChI=1S/2C12H21N3O3.2C11H19N3O3/c1-7(2)9(5-13)6-14-11(16)10-8(3)12(17-4)18-15-10;1-5-12(3,6-13)7-14-10(16)9-8(2)11(17-4)18-15-9;1-6(2)8(12)5-13-10(15)9-7(3)11(16-4)17-14-9;1-6(2)8(5-12)13-10(15)9-7(3)11(16-4)17-14-9/h7,9H,5-6,13H2,1-4H3,(H,14,16);5-7,13H2,1-4H3,(H,14,16);2*6,8H,5,12H2,1-4H3,(H,13,15). The molecule has 70 heavy (non-hydrogen) atoms. The maximum Gasteiger partial charge on any atom is 0.314 e. The Labute approximate surface area is 411 Å². The van der Waals surface area contributed by atoms with Crippen LogP contribution in [0.4, 0.5) is 0 Å². The Bertz CT molecular complexity index is 2190. The number of hydrogen-bond donors (Lipinski definition) is 8. The summed E-state index contributed by atoms with van der Waals surface area (Å²) in [5.74, 6) is 1.15. The van der Waals surface area contributed by atoms with Gasteiger partial charge >= 0.3 is 23.8 Å². The van der Waals surface area contributed by atoms with E-state index in [1.165, 1.54) is 28.4 Å². The zero-order valence-corrected chi connectivity index (χ0v) is 43.9. The Morgan fingerprint density at radius 1 is 0.557 bits per heavy atom. The van der Waals surface area contributed by atoms with Crippen LogP contribution in [0.15, 0.2) is 18.1 Å². The molecule has 0 aliphatic heterocycles. The number of rotatable bonds is 22. The van der Waals surface area contributed by atoms with Gasteiger partial charge in [-0.1, -0.05) is 76.0 Å². The van der Waals surface area contributed by atoms with Gasteiger partial charge in [0, 0.05) is 38.3 Å². The molecule has 0 saturated carbocycles.